The van der Waals surface area contributed by atoms with E-state index in [-0.39, 0.29) is 7.43 Å². The largest absolute Gasteiger partial charge is 0.343 e. The first-order valence-corrected chi connectivity index (χ1v) is 9.33. The van der Waals surface area contributed by atoms with E-state index >= 15 is 0 Å². The fourth-order valence-electron chi connectivity index (χ4n) is 1.94. The number of hydrogen-bond acceptors (Lipinski definition) is 3. The predicted molar refractivity (Wildman–Crippen MR) is 120 cm³/mol. The van der Waals surface area contributed by atoms with Crippen LogP contribution in [0.15, 0.2) is 42.7 Å². The molecule has 4 nitrogen and oxygen atoms in total. The number of rotatable bonds is 1. The molecular weight excluding hydrogens is 334 g/mol. The molecule has 0 aliphatic heterocycles. The normalized spacial score (nSPS) is 8.00. The van der Waals surface area contributed by atoms with Crippen molar-refractivity contribution in [2.75, 3.05) is 0 Å². The highest BCUT2D eigenvalue weighted by Gasteiger charge is 2.03. The summed E-state index contributed by atoms with van der Waals surface area (Å²) >= 11 is 0. The zero-order valence-electron chi connectivity index (χ0n) is 17.6. The molecule has 1 aromatic carbocycles. The topological polar surface area (TPSA) is 58.6 Å². The van der Waals surface area contributed by atoms with E-state index in [1.165, 1.54) is 12.5 Å². The van der Waals surface area contributed by atoms with Gasteiger partial charge in [-0.05, 0) is 33.3 Å². The van der Waals surface area contributed by atoms with Gasteiger partial charge < -0.3 is 9.78 Å². The molecule has 0 amide bonds. The van der Waals surface area contributed by atoms with Crippen LogP contribution < -0.4 is 0 Å². The maximum Gasteiger partial charge on any atom is 0.141 e. The fourth-order valence-corrected chi connectivity index (χ4v) is 1.94. The molecule has 0 bridgehead atoms. The van der Waals surface area contributed by atoms with Gasteiger partial charge in [-0.2, -0.15) is 0 Å². The van der Waals surface area contributed by atoms with Gasteiger partial charge in [0.05, 0.1) is 5.69 Å². The smallest absolute Gasteiger partial charge is 0.141 e. The Morgan fingerprint density at radius 1 is 1.00 bits per heavy atom. The van der Waals surface area contributed by atoms with Crippen LogP contribution in [-0.4, -0.2) is 21.2 Å². The number of aromatic amines is 1. The first-order chi connectivity index (χ1) is 12.6. The molecule has 0 radical (unpaired) electrons. The SMILES string of the molecule is C.CC.CC.CC=O.CCc1ncnc2[nH]c(C)cc12.Cc1ccccc1. The first kappa shape index (κ1) is 29.3. The monoisotopic (exact) mass is 373 g/mol. The number of aldehydes is 1. The van der Waals surface area contributed by atoms with E-state index in [0.717, 1.165) is 35.1 Å². The van der Waals surface area contributed by atoms with Crippen molar-refractivity contribution in [1.29, 1.82) is 0 Å². The second kappa shape index (κ2) is 19.8. The lowest BCUT2D eigenvalue weighted by Gasteiger charge is -1.94. The summed E-state index contributed by atoms with van der Waals surface area (Å²) in [4.78, 5) is 20.3. The molecule has 0 saturated carbocycles. The Kier molecular flexibility index (Phi) is 21.5. The van der Waals surface area contributed by atoms with Crippen LogP contribution in [0.1, 0.15) is 65.9 Å². The Morgan fingerprint density at radius 2 is 1.52 bits per heavy atom. The van der Waals surface area contributed by atoms with Gasteiger partial charge in [-0.1, -0.05) is 77.9 Å². The predicted octanol–water partition coefficient (Wildman–Crippen LogP) is 6.72. The molecule has 0 fully saturated rings. The zero-order chi connectivity index (χ0) is 20.4. The highest BCUT2D eigenvalue weighted by molar-refractivity contribution is 5.78. The molecule has 2 heterocycles. The highest BCUT2D eigenvalue weighted by atomic mass is 16.1. The van der Waals surface area contributed by atoms with Crippen molar-refractivity contribution < 1.29 is 4.79 Å². The van der Waals surface area contributed by atoms with Crippen LogP contribution in [0.4, 0.5) is 0 Å². The van der Waals surface area contributed by atoms with Gasteiger partial charge in [0.1, 0.15) is 18.3 Å². The first-order valence-electron chi connectivity index (χ1n) is 9.33. The van der Waals surface area contributed by atoms with Crippen LogP contribution in [-0.2, 0) is 11.2 Å². The molecule has 27 heavy (non-hydrogen) atoms. The van der Waals surface area contributed by atoms with Gasteiger partial charge in [0.2, 0.25) is 0 Å². The van der Waals surface area contributed by atoms with Crippen molar-refractivity contribution >= 4 is 17.3 Å². The summed E-state index contributed by atoms with van der Waals surface area (Å²) in [5, 5.41) is 1.15. The number of aromatic nitrogens is 3. The molecular formula is C23H39N3O. The molecule has 0 spiro atoms. The Hall–Kier alpha value is -2.49. The molecule has 0 aliphatic rings. The van der Waals surface area contributed by atoms with Gasteiger partial charge in [0, 0.05) is 11.1 Å². The van der Waals surface area contributed by atoms with Gasteiger partial charge in [-0.15, -0.1) is 0 Å². The summed E-state index contributed by atoms with van der Waals surface area (Å²) in [6, 6.07) is 12.4. The van der Waals surface area contributed by atoms with E-state index < -0.39 is 0 Å². The molecule has 0 aliphatic carbocycles. The molecule has 0 atom stereocenters. The Labute approximate surface area is 166 Å². The van der Waals surface area contributed by atoms with Crippen molar-refractivity contribution in [3.05, 3.63) is 59.7 Å². The average Bonchev–Trinajstić information content (AvgIpc) is 3.07. The second-order valence-corrected chi connectivity index (χ2v) is 4.78. The summed E-state index contributed by atoms with van der Waals surface area (Å²) in [6.45, 7) is 15.7. The Morgan fingerprint density at radius 3 is 1.93 bits per heavy atom. The summed E-state index contributed by atoms with van der Waals surface area (Å²) in [5.74, 6) is 0. The van der Waals surface area contributed by atoms with E-state index in [2.05, 4.69) is 47.0 Å². The third-order valence-electron chi connectivity index (χ3n) is 2.92. The van der Waals surface area contributed by atoms with Crippen molar-refractivity contribution in [3.63, 3.8) is 0 Å². The van der Waals surface area contributed by atoms with Gasteiger partial charge in [0.15, 0.2) is 0 Å². The third kappa shape index (κ3) is 12.5. The molecule has 2 aromatic heterocycles. The molecule has 0 unspecified atom stereocenters. The lowest BCUT2D eigenvalue weighted by atomic mass is 10.2. The van der Waals surface area contributed by atoms with Crippen molar-refractivity contribution in [1.82, 2.24) is 15.0 Å². The van der Waals surface area contributed by atoms with E-state index in [0.29, 0.717) is 0 Å². The standard InChI is InChI=1S/C9H11N3.C7H8.C2H4O.2C2H6.CH4/c1-3-8-7-4-6(2)12-9(7)11-5-10-8;1-7-5-3-2-4-6-7;1-2-3;2*1-2;/h4-5H,3H2,1-2H3,(H,10,11,12);2-6H,1H3;2H,1H3;2*1-2H3;1H4. The molecule has 3 aromatic rings. The minimum Gasteiger partial charge on any atom is -0.343 e. The molecule has 0 saturated heterocycles. The van der Waals surface area contributed by atoms with E-state index in [9.17, 15) is 0 Å². The van der Waals surface area contributed by atoms with Gasteiger partial charge in [-0.3, -0.25) is 0 Å². The molecule has 3 rings (SSSR count). The maximum atomic E-state index is 8.81. The number of fused-ring (bicyclic) bond motifs is 1. The van der Waals surface area contributed by atoms with Crippen LogP contribution in [0.5, 0.6) is 0 Å². The number of aryl methyl sites for hydroxylation is 3. The van der Waals surface area contributed by atoms with Crippen LogP contribution >= 0.6 is 0 Å². The number of benzene rings is 1. The van der Waals surface area contributed by atoms with E-state index in [1.54, 1.807) is 6.33 Å². The summed E-state index contributed by atoms with van der Waals surface area (Å²) < 4.78 is 0. The van der Waals surface area contributed by atoms with Crippen molar-refractivity contribution in [3.8, 4) is 0 Å². The lowest BCUT2D eigenvalue weighted by molar-refractivity contribution is -0.106. The maximum absolute atomic E-state index is 8.81. The number of nitrogens with one attached hydrogen (secondary N) is 1. The number of carbonyl (C=O) groups excluding carboxylic acids is 1. The van der Waals surface area contributed by atoms with E-state index in [4.69, 9.17) is 4.79 Å². The summed E-state index contributed by atoms with van der Waals surface area (Å²) in [5.41, 5.74) is 4.52. The van der Waals surface area contributed by atoms with Crippen molar-refractivity contribution in [2.45, 2.75) is 69.2 Å². The Bertz CT molecular complexity index is 691. The van der Waals surface area contributed by atoms with E-state index in [1.807, 2.05) is 52.8 Å². The minimum atomic E-state index is 0. The quantitative estimate of drug-likeness (QED) is 0.482. The zero-order valence-corrected chi connectivity index (χ0v) is 17.6. The second-order valence-electron chi connectivity index (χ2n) is 4.78. The van der Waals surface area contributed by atoms with Gasteiger partial charge in [0.25, 0.3) is 0 Å². The lowest BCUT2D eigenvalue weighted by Crippen LogP contribution is -1.88. The highest BCUT2D eigenvalue weighted by Crippen LogP contribution is 2.15. The van der Waals surface area contributed by atoms with Gasteiger partial charge >= 0.3 is 0 Å². The third-order valence-corrected chi connectivity index (χ3v) is 2.92. The molecule has 4 heteroatoms. The molecule has 1 N–H and O–H groups in total. The van der Waals surface area contributed by atoms with Gasteiger partial charge in [-0.25, -0.2) is 9.97 Å². The number of nitrogens with zero attached hydrogens (tertiary/aromatic N) is 2. The number of hydrogen-bond donors (Lipinski definition) is 1. The minimum absolute atomic E-state index is 0. The number of H-pyrrole nitrogens is 1. The molecule has 152 valence electrons. The van der Waals surface area contributed by atoms with Crippen LogP contribution in [0.2, 0.25) is 0 Å². The van der Waals surface area contributed by atoms with Crippen molar-refractivity contribution in [2.24, 2.45) is 0 Å². The number of carbonyl (C=O) groups is 1. The Balaban J connectivity index is -0.000000331. The van der Waals surface area contributed by atoms with Crippen LogP contribution in [0.3, 0.4) is 0 Å². The summed E-state index contributed by atoms with van der Waals surface area (Å²) in [6.07, 6.45) is 3.31. The summed E-state index contributed by atoms with van der Waals surface area (Å²) in [7, 11) is 0. The van der Waals surface area contributed by atoms with Crippen LogP contribution in [0.25, 0.3) is 11.0 Å². The van der Waals surface area contributed by atoms with Crippen LogP contribution in [0, 0.1) is 13.8 Å². The fraction of sp³-hybridized carbons (Fsp3) is 0.435. The average molecular weight is 374 g/mol.